The number of hydrogen-bond donors (Lipinski definition) is 1. The number of fused-ring (bicyclic) bond motifs is 1. The molecule has 0 saturated carbocycles. The fraction of sp³-hybridized carbons (Fsp3) is 0.409. The van der Waals surface area contributed by atoms with E-state index in [0.29, 0.717) is 48.9 Å². The predicted octanol–water partition coefficient (Wildman–Crippen LogP) is 2.87. The Morgan fingerprint density at radius 3 is 2.40 bits per heavy atom. The smallest absolute Gasteiger partial charge is 0.251 e. The van der Waals surface area contributed by atoms with Crippen molar-refractivity contribution in [3.05, 3.63) is 59.2 Å². The lowest BCUT2D eigenvalue weighted by atomic mass is 10.1. The standard InChI is InChI=1S/C22H26N2O5S/c1-16(19-8-9-20-21(14-19)29-13-12-28-20)23-22(25)18-6-4-17(5-7-18)15-30(26,27)24-10-2-3-11-24/h4-9,14,16H,2-3,10-13,15H2,1H3,(H,23,25). The Kier molecular flexibility index (Phi) is 5.97. The van der Waals surface area contributed by atoms with Crippen molar-refractivity contribution in [2.45, 2.75) is 31.6 Å². The summed E-state index contributed by atoms with van der Waals surface area (Å²) in [5.74, 6) is 1.14. The van der Waals surface area contributed by atoms with Crippen molar-refractivity contribution in [2.75, 3.05) is 26.3 Å². The van der Waals surface area contributed by atoms with Gasteiger partial charge in [-0.1, -0.05) is 18.2 Å². The van der Waals surface area contributed by atoms with Crippen LogP contribution in [0, 0.1) is 0 Å². The van der Waals surface area contributed by atoms with Crippen molar-refractivity contribution in [3.8, 4) is 11.5 Å². The van der Waals surface area contributed by atoms with E-state index in [2.05, 4.69) is 5.32 Å². The first kappa shape index (κ1) is 20.7. The van der Waals surface area contributed by atoms with E-state index in [4.69, 9.17) is 9.47 Å². The zero-order valence-corrected chi connectivity index (χ0v) is 17.8. The van der Waals surface area contributed by atoms with E-state index < -0.39 is 10.0 Å². The lowest BCUT2D eigenvalue weighted by Crippen LogP contribution is -2.29. The fourth-order valence-electron chi connectivity index (χ4n) is 3.71. The first-order valence-electron chi connectivity index (χ1n) is 10.2. The van der Waals surface area contributed by atoms with Crippen molar-refractivity contribution in [2.24, 2.45) is 0 Å². The van der Waals surface area contributed by atoms with E-state index >= 15 is 0 Å². The van der Waals surface area contributed by atoms with E-state index in [1.807, 2.05) is 25.1 Å². The largest absolute Gasteiger partial charge is 0.486 e. The Morgan fingerprint density at radius 1 is 1.03 bits per heavy atom. The second-order valence-electron chi connectivity index (χ2n) is 7.66. The molecule has 0 aromatic heterocycles. The quantitative estimate of drug-likeness (QED) is 0.762. The van der Waals surface area contributed by atoms with Gasteiger partial charge in [-0.05, 0) is 55.2 Å². The van der Waals surface area contributed by atoms with Gasteiger partial charge < -0.3 is 14.8 Å². The lowest BCUT2D eigenvalue weighted by Gasteiger charge is -2.21. The summed E-state index contributed by atoms with van der Waals surface area (Å²) in [7, 11) is -3.30. The molecule has 4 rings (SSSR count). The number of carbonyl (C=O) groups excluding carboxylic acids is 1. The van der Waals surface area contributed by atoms with Crippen LogP contribution in [-0.2, 0) is 15.8 Å². The van der Waals surface area contributed by atoms with E-state index in [1.54, 1.807) is 28.6 Å². The Labute approximate surface area is 177 Å². The molecule has 1 saturated heterocycles. The minimum Gasteiger partial charge on any atom is -0.486 e. The van der Waals surface area contributed by atoms with E-state index in [-0.39, 0.29) is 17.7 Å². The lowest BCUT2D eigenvalue weighted by molar-refractivity contribution is 0.0939. The Morgan fingerprint density at radius 2 is 1.70 bits per heavy atom. The van der Waals surface area contributed by atoms with Crippen LogP contribution in [0.4, 0.5) is 0 Å². The normalized spacial score (nSPS) is 17.5. The van der Waals surface area contributed by atoms with Crippen LogP contribution in [0.2, 0.25) is 0 Å². The minimum atomic E-state index is -3.30. The average molecular weight is 431 g/mol. The molecular formula is C22H26N2O5S. The monoisotopic (exact) mass is 430 g/mol. The van der Waals surface area contributed by atoms with E-state index in [9.17, 15) is 13.2 Å². The third-order valence-electron chi connectivity index (χ3n) is 5.44. The van der Waals surface area contributed by atoms with Crippen LogP contribution in [-0.4, -0.2) is 44.9 Å². The topological polar surface area (TPSA) is 84.9 Å². The molecule has 160 valence electrons. The molecule has 2 aromatic rings. The molecule has 8 heteroatoms. The zero-order chi connectivity index (χ0) is 21.1. The van der Waals surface area contributed by atoms with Crippen LogP contribution in [0.25, 0.3) is 0 Å². The van der Waals surface area contributed by atoms with Gasteiger partial charge in [0.15, 0.2) is 11.5 Å². The maximum Gasteiger partial charge on any atom is 0.251 e. The molecule has 2 heterocycles. The van der Waals surface area contributed by atoms with Gasteiger partial charge in [-0.25, -0.2) is 12.7 Å². The molecule has 0 bridgehead atoms. The molecule has 2 aliphatic rings. The molecule has 0 aliphatic carbocycles. The first-order chi connectivity index (χ1) is 14.4. The molecule has 7 nitrogen and oxygen atoms in total. The summed E-state index contributed by atoms with van der Waals surface area (Å²) in [6.07, 6.45) is 1.83. The summed E-state index contributed by atoms with van der Waals surface area (Å²) in [4.78, 5) is 12.6. The van der Waals surface area contributed by atoms with Crippen molar-refractivity contribution < 1.29 is 22.7 Å². The molecule has 2 aliphatic heterocycles. The number of rotatable bonds is 6. The van der Waals surface area contributed by atoms with Gasteiger partial charge in [0.2, 0.25) is 10.0 Å². The molecule has 1 unspecified atom stereocenters. The van der Waals surface area contributed by atoms with E-state index in [0.717, 1.165) is 18.4 Å². The van der Waals surface area contributed by atoms with Gasteiger partial charge in [-0.2, -0.15) is 0 Å². The minimum absolute atomic E-state index is 0.0392. The van der Waals surface area contributed by atoms with Gasteiger partial charge in [-0.15, -0.1) is 0 Å². The third kappa shape index (κ3) is 4.60. The molecule has 2 aromatic carbocycles. The number of ether oxygens (including phenoxy) is 2. The third-order valence-corrected chi connectivity index (χ3v) is 7.29. The summed E-state index contributed by atoms with van der Waals surface area (Å²) in [5.41, 5.74) is 2.08. The molecule has 1 fully saturated rings. The van der Waals surface area contributed by atoms with Crippen molar-refractivity contribution >= 4 is 15.9 Å². The van der Waals surface area contributed by atoms with Gasteiger partial charge in [0.1, 0.15) is 13.2 Å². The van der Waals surface area contributed by atoms with Crippen molar-refractivity contribution in [1.82, 2.24) is 9.62 Å². The number of nitrogens with one attached hydrogen (secondary N) is 1. The molecule has 30 heavy (non-hydrogen) atoms. The summed E-state index contributed by atoms with van der Waals surface area (Å²) in [6.45, 7) is 4.15. The van der Waals surface area contributed by atoms with Crippen LogP contribution in [0.3, 0.4) is 0 Å². The Bertz CT molecular complexity index is 1010. The maximum atomic E-state index is 12.6. The number of hydrogen-bond acceptors (Lipinski definition) is 5. The van der Waals surface area contributed by atoms with Crippen molar-refractivity contribution in [1.29, 1.82) is 0 Å². The van der Waals surface area contributed by atoms with Crippen LogP contribution < -0.4 is 14.8 Å². The highest BCUT2D eigenvalue weighted by Crippen LogP contribution is 2.32. The van der Waals surface area contributed by atoms with Gasteiger partial charge in [0.25, 0.3) is 5.91 Å². The molecule has 0 spiro atoms. The van der Waals surface area contributed by atoms with Gasteiger partial charge in [-0.3, -0.25) is 4.79 Å². The number of benzene rings is 2. The van der Waals surface area contributed by atoms with Crippen LogP contribution in [0.1, 0.15) is 47.3 Å². The maximum absolute atomic E-state index is 12.6. The van der Waals surface area contributed by atoms with Gasteiger partial charge in [0.05, 0.1) is 11.8 Å². The SMILES string of the molecule is CC(NC(=O)c1ccc(CS(=O)(=O)N2CCCC2)cc1)c1ccc2c(c1)OCCO2. The molecule has 1 N–H and O–H groups in total. The highest BCUT2D eigenvalue weighted by molar-refractivity contribution is 7.88. The molecule has 1 amide bonds. The van der Waals surface area contributed by atoms with E-state index in [1.165, 1.54) is 0 Å². The molecule has 1 atom stereocenters. The van der Waals surface area contributed by atoms with Gasteiger partial charge >= 0.3 is 0 Å². The zero-order valence-electron chi connectivity index (χ0n) is 17.0. The number of amides is 1. The Hall–Kier alpha value is -2.58. The summed E-state index contributed by atoms with van der Waals surface area (Å²) >= 11 is 0. The summed E-state index contributed by atoms with van der Waals surface area (Å²) < 4.78 is 37.6. The number of carbonyl (C=O) groups is 1. The van der Waals surface area contributed by atoms with Crippen LogP contribution >= 0.6 is 0 Å². The van der Waals surface area contributed by atoms with Crippen LogP contribution in [0.15, 0.2) is 42.5 Å². The van der Waals surface area contributed by atoms with Crippen LogP contribution in [0.5, 0.6) is 11.5 Å². The molecule has 0 radical (unpaired) electrons. The second kappa shape index (κ2) is 8.65. The molecular weight excluding hydrogens is 404 g/mol. The average Bonchev–Trinajstić information content (AvgIpc) is 3.29. The van der Waals surface area contributed by atoms with Gasteiger partial charge in [0, 0.05) is 18.7 Å². The highest BCUT2D eigenvalue weighted by atomic mass is 32.2. The van der Waals surface area contributed by atoms with Crippen molar-refractivity contribution in [3.63, 3.8) is 0 Å². The second-order valence-corrected chi connectivity index (χ2v) is 9.63. The fourth-order valence-corrected chi connectivity index (χ4v) is 5.32. The summed E-state index contributed by atoms with van der Waals surface area (Å²) in [6, 6.07) is 12.2. The predicted molar refractivity (Wildman–Crippen MR) is 113 cm³/mol. The first-order valence-corrected chi connectivity index (χ1v) is 11.8. The highest BCUT2D eigenvalue weighted by Gasteiger charge is 2.25. The summed E-state index contributed by atoms with van der Waals surface area (Å²) in [5, 5.41) is 2.97. The number of nitrogens with zero attached hydrogens (tertiary/aromatic N) is 1. The number of sulfonamides is 1. The Balaban J connectivity index is 1.39.